The van der Waals surface area contributed by atoms with E-state index < -0.39 is 0 Å². The van der Waals surface area contributed by atoms with Gasteiger partial charge < -0.3 is 9.47 Å². The number of rotatable bonds is 5. The predicted octanol–water partition coefficient (Wildman–Crippen LogP) is 10.9. The summed E-state index contributed by atoms with van der Waals surface area (Å²) < 4.78 is 2.39. The van der Waals surface area contributed by atoms with Crippen LogP contribution in [0.4, 0.5) is 17.1 Å². The summed E-state index contributed by atoms with van der Waals surface area (Å²) in [5.74, 6) is 0. The van der Waals surface area contributed by atoms with Gasteiger partial charge >= 0.3 is 0 Å². The van der Waals surface area contributed by atoms with Crippen LogP contribution in [-0.2, 0) is 5.41 Å². The third-order valence-electron chi connectivity index (χ3n) is 8.84. The first-order valence-electron chi connectivity index (χ1n) is 14.4. The van der Waals surface area contributed by atoms with E-state index in [0.717, 1.165) is 17.1 Å². The van der Waals surface area contributed by atoms with Gasteiger partial charge in [-0.05, 0) is 85.1 Å². The summed E-state index contributed by atoms with van der Waals surface area (Å²) in [6, 6.07) is 44.0. The van der Waals surface area contributed by atoms with E-state index in [-0.39, 0.29) is 5.41 Å². The van der Waals surface area contributed by atoms with Crippen LogP contribution in [0.25, 0.3) is 33.1 Å². The van der Waals surface area contributed by atoms with Crippen LogP contribution in [0.15, 0.2) is 139 Å². The maximum Gasteiger partial charge on any atom is 0.0561 e. The largest absolute Gasteiger partial charge is 0.310 e. The Bertz CT molecular complexity index is 1970. The highest BCUT2D eigenvalue weighted by Gasteiger charge is 2.34. The van der Waals surface area contributed by atoms with Gasteiger partial charge in [-0.2, -0.15) is 0 Å². The Morgan fingerprint density at radius 2 is 1.27 bits per heavy atom. The number of hydrogen-bond acceptors (Lipinski definition) is 1. The van der Waals surface area contributed by atoms with Crippen molar-refractivity contribution >= 4 is 44.4 Å². The summed E-state index contributed by atoms with van der Waals surface area (Å²) >= 11 is 0. The Kier molecular flexibility index (Phi) is 5.94. The predicted molar refractivity (Wildman–Crippen MR) is 176 cm³/mol. The van der Waals surface area contributed by atoms with Gasteiger partial charge in [-0.3, -0.25) is 0 Å². The molecule has 1 aromatic heterocycles. The molecule has 0 saturated heterocycles. The van der Waals surface area contributed by atoms with Crippen molar-refractivity contribution in [1.82, 2.24) is 4.57 Å². The van der Waals surface area contributed by atoms with Gasteiger partial charge in [0.2, 0.25) is 0 Å². The third kappa shape index (κ3) is 3.94. The lowest BCUT2D eigenvalue weighted by Crippen LogP contribution is -2.16. The molecule has 0 unspecified atom stereocenters. The fraction of sp³-hybridized carbons (Fsp3) is 0.128. The quantitative estimate of drug-likeness (QED) is 0.215. The van der Waals surface area contributed by atoms with E-state index in [2.05, 4.69) is 171 Å². The number of allylic oxidation sites excluding steroid dienone is 4. The van der Waals surface area contributed by atoms with E-state index >= 15 is 0 Å². The number of aromatic nitrogens is 1. The normalized spacial score (nSPS) is 14.3. The summed E-state index contributed by atoms with van der Waals surface area (Å²) in [5, 5.41) is 2.52. The van der Waals surface area contributed by atoms with E-state index in [9.17, 15) is 0 Å². The number of fused-ring (bicyclic) bond motifs is 4. The molecule has 41 heavy (non-hydrogen) atoms. The molecule has 0 spiro atoms. The first-order chi connectivity index (χ1) is 20.0. The first-order valence-corrected chi connectivity index (χ1v) is 14.4. The minimum Gasteiger partial charge on any atom is -0.310 e. The number of benzene rings is 5. The van der Waals surface area contributed by atoms with Crippen LogP contribution in [0.3, 0.4) is 0 Å². The molecule has 0 fully saturated rings. The highest BCUT2D eigenvalue weighted by molar-refractivity contribution is 6.10. The molecule has 2 nitrogen and oxygen atoms in total. The van der Waals surface area contributed by atoms with Gasteiger partial charge in [0.15, 0.2) is 0 Å². The first kappa shape index (κ1) is 25.2. The molecule has 2 heteroatoms. The Hall–Kier alpha value is -4.82. The number of nitrogens with zero attached hydrogens (tertiary/aromatic N) is 2. The zero-order valence-electron chi connectivity index (χ0n) is 24.1. The van der Waals surface area contributed by atoms with E-state index in [0.29, 0.717) is 0 Å². The molecule has 0 amide bonds. The Balaban J connectivity index is 1.48. The fourth-order valence-corrected chi connectivity index (χ4v) is 6.54. The van der Waals surface area contributed by atoms with Crippen molar-refractivity contribution in [3.8, 4) is 5.69 Å². The van der Waals surface area contributed by atoms with Gasteiger partial charge in [0, 0.05) is 38.9 Å². The summed E-state index contributed by atoms with van der Waals surface area (Å²) in [5.41, 5.74) is 12.5. The SMILES string of the molecule is C/C=C\C1=C(C)C(C)(C)c2ccc(N(c3ccccc3)c3ccc4c5ccccc5n(-c5ccccc5)c4c3)cc21. The van der Waals surface area contributed by atoms with Crippen LogP contribution in [0, 0.1) is 0 Å². The van der Waals surface area contributed by atoms with E-state index in [1.807, 2.05) is 0 Å². The van der Waals surface area contributed by atoms with Crippen molar-refractivity contribution in [2.75, 3.05) is 4.90 Å². The summed E-state index contributed by atoms with van der Waals surface area (Å²) in [4.78, 5) is 2.39. The monoisotopic (exact) mass is 530 g/mol. The molecule has 0 N–H and O–H groups in total. The van der Waals surface area contributed by atoms with Gasteiger partial charge in [0.25, 0.3) is 0 Å². The average molecular weight is 531 g/mol. The molecule has 0 saturated carbocycles. The molecule has 0 radical (unpaired) electrons. The number of para-hydroxylation sites is 3. The molecular weight excluding hydrogens is 496 g/mol. The summed E-state index contributed by atoms with van der Waals surface area (Å²) in [6.45, 7) is 9.05. The molecule has 1 aliphatic rings. The van der Waals surface area contributed by atoms with Crippen LogP contribution in [0.5, 0.6) is 0 Å². The molecule has 0 aliphatic heterocycles. The van der Waals surface area contributed by atoms with Gasteiger partial charge in [0.1, 0.15) is 0 Å². The van der Waals surface area contributed by atoms with Crippen LogP contribution < -0.4 is 4.90 Å². The van der Waals surface area contributed by atoms with Crippen LogP contribution in [0.2, 0.25) is 0 Å². The second kappa shape index (κ2) is 9.67. The summed E-state index contributed by atoms with van der Waals surface area (Å²) in [7, 11) is 0. The topological polar surface area (TPSA) is 8.17 Å². The summed E-state index contributed by atoms with van der Waals surface area (Å²) in [6.07, 6.45) is 4.42. The zero-order valence-corrected chi connectivity index (χ0v) is 24.1. The van der Waals surface area contributed by atoms with Gasteiger partial charge in [-0.15, -0.1) is 0 Å². The number of hydrogen-bond donors (Lipinski definition) is 0. The zero-order chi connectivity index (χ0) is 28.1. The molecule has 1 heterocycles. The third-order valence-corrected chi connectivity index (χ3v) is 8.84. The number of anilines is 3. The molecular formula is C39H34N2. The smallest absolute Gasteiger partial charge is 0.0561 e. The van der Waals surface area contributed by atoms with Gasteiger partial charge in [-0.25, -0.2) is 0 Å². The van der Waals surface area contributed by atoms with Crippen molar-refractivity contribution in [3.05, 3.63) is 150 Å². The Morgan fingerprint density at radius 3 is 2.02 bits per heavy atom. The maximum absolute atomic E-state index is 2.39. The standard InChI is InChI=1S/C39H34N2/c1-5-14-32-27(2)39(3,4)36-24-22-30(25-35(32)36)40(28-15-8-6-9-16-28)31-21-23-34-33-19-12-13-20-37(33)41(38(34)26-31)29-17-10-7-11-18-29/h5-26H,1-4H3/b14-5-. The van der Waals surface area contributed by atoms with Gasteiger partial charge in [0.05, 0.1) is 11.0 Å². The van der Waals surface area contributed by atoms with Crippen LogP contribution in [-0.4, -0.2) is 4.57 Å². The van der Waals surface area contributed by atoms with E-state index in [1.165, 1.54) is 49.8 Å². The second-order valence-corrected chi connectivity index (χ2v) is 11.5. The van der Waals surface area contributed by atoms with Crippen molar-refractivity contribution < 1.29 is 0 Å². The lowest BCUT2D eigenvalue weighted by atomic mass is 9.82. The van der Waals surface area contributed by atoms with E-state index in [1.54, 1.807) is 0 Å². The Labute approximate surface area is 242 Å². The lowest BCUT2D eigenvalue weighted by molar-refractivity contribution is 0.639. The Morgan fingerprint density at radius 1 is 0.634 bits per heavy atom. The van der Waals surface area contributed by atoms with Crippen LogP contribution in [0.1, 0.15) is 38.8 Å². The highest BCUT2D eigenvalue weighted by atomic mass is 15.1. The van der Waals surface area contributed by atoms with Crippen molar-refractivity contribution in [2.45, 2.75) is 33.1 Å². The molecule has 7 rings (SSSR count). The van der Waals surface area contributed by atoms with Crippen molar-refractivity contribution in [2.24, 2.45) is 0 Å². The molecule has 0 bridgehead atoms. The van der Waals surface area contributed by atoms with E-state index in [4.69, 9.17) is 0 Å². The average Bonchev–Trinajstić information content (AvgIpc) is 3.43. The van der Waals surface area contributed by atoms with Crippen LogP contribution >= 0.6 is 0 Å². The maximum atomic E-state index is 2.39. The molecule has 200 valence electrons. The highest BCUT2D eigenvalue weighted by Crippen LogP contribution is 2.49. The minimum absolute atomic E-state index is 0.00974. The molecule has 6 aromatic rings. The van der Waals surface area contributed by atoms with Crippen molar-refractivity contribution in [3.63, 3.8) is 0 Å². The molecule has 0 atom stereocenters. The van der Waals surface area contributed by atoms with Crippen molar-refractivity contribution in [1.29, 1.82) is 0 Å². The fourth-order valence-electron chi connectivity index (χ4n) is 6.54. The van der Waals surface area contributed by atoms with Gasteiger partial charge in [-0.1, -0.05) is 98.3 Å². The lowest BCUT2D eigenvalue weighted by Gasteiger charge is -2.27. The molecule has 5 aromatic carbocycles. The second-order valence-electron chi connectivity index (χ2n) is 11.5. The molecule has 1 aliphatic carbocycles. The minimum atomic E-state index is 0.00974.